The van der Waals surface area contributed by atoms with E-state index in [1.165, 1.54) is 54.8 Å². The highest BCUT2D eigenvalue weighted by atomic mass is 14.1. The first kappa shape index (κ1) is 15.4. The van der Waals surface area contributed by atoms with Gasteiger partial charge >= 0.3 is 0 Å². The van der Waals surface area contributed by atoms with Crippen LogP contribution in [0, 0.1) is 0 Å². The van der Waals surface area contributed by atoms with Gasteiger partial charge in [0.05, 0.1) is 0 Å². The summed E-state index contributed by atoms with van der Waals surface area (Å²) < 4.78 is 0. The molecular weight excluding hydrogens is 231 g/mol. The van der Waals surface area contributed by atoms with Crippen molar-refractivity contribution in [2.24, 2.45) is 0 Å². The van der Waals surface area contributed by atoms with E-state index in [4.69, 9.17) is 0 Å². The number of hydrogen-bond acceptors (Lipinski definition) is 0. The van der Waals surface area contributed by atoms with Crippen molar-refractivity contribution in [2.45, 2.75) is 0 Å². The fourth-order valence-corrected chi connectivity index (χ4v) is 3.21. The van der Waals surface area contributed by atoms with Gasteiger partial charge in [0.1, 0.15) is 62.8 Å². The van der Waals surface area contributed by atoms with Crippen molar-refractivity contribution < 1.29 is 0 Å². The molecule has 2 aromatic rings. The van der Waals surface area contributed by atoms with E-state index in [9.17, 15) is 0 Å². The third kappa shape index (κ3) is 2.24. The standard InChI is InChI=1S/C12H18B8/c13-3-1-2-4(14)7(15)5(3)6-8(16)10(18)12(20)11(19)9(6)17/h1-2H,13-20H2. The van der Waals surface area contributed by atoms with Gasteiger partial charge in [-0.05, 0) is 11.1 Å². The summed E-state index contributed by atoms with van der Waals surface area (Å²) in [5, 5.41) is 0. The van der Waals surface area contributed by atoms with Crippen LogP contribution in [-0.4, -0.2) is 62.8 Å². The summed E-state index contributed by atoms with van der Waals surface area (Å²) in [6.07, 6.45) is 0. The molecule has 0 amide bonds. The third-order valence-electron chi connectivity index (χ3n) is 5.19. The maximum atomic E-state index is 2.27. The first-order chi connectivity index (χ1) is 9.27. The SMILES string of the molecule is Bc1ccc(B)c(-c2c(B)c(B)c(B)c(B)c2B)c1B. The van der Waals surface area contributed by atoms with Gasteiger partial charge in [-0.1, -0.05) is 39.4 Å². The van der Waals surface area contributed by atoms with E-state index in [0.29, 0.717) is 0 Å². The molecule has 0 aliphatic heterocycles. The topological polar surface area (TPSA) is 0 Å². The fourth-order valence-electron chi connectivity index (χ4n) is 3.21. The van der Waals surface area contributed by atoms with E-state index in [1.807, 2.05) is 0 Å². The molecule has 0 nitrogen and oxygen atoms in total. The van der Waals surface area contributed by atoms with E-state index in [1.54, 1.807) is 0 Å². The molecule has 0 atom stereocenters. The molecule has 0 heterocycles. The lowest BCUT2D eigenvalue weighted by Gasteiger charge is -2.24. The zero-order chi connectivity index (χ0) is 15.2. The van der Waals surface area contributed by atoms with E-state index < -0.39 is 0 Å². The maximum Gasteiger partial charge on any atom is 0.140 e. The van der Waals surface area contributed by atoms with Crippen LogP contribution in [0.4, 0.5) is 0 Å². The molecule has 0 aliphatic rings. The molecule has 8 heteroatoms. The number of hydrogen-bond donors (Lipinski definition) is 0. The average Bonchev–Trinajstić information content (AvgIpc) is 2.42. The molecule has 20 heavy (non-hydrogen) atoms. The van der Waals surface area contributed by atoms with Crippen LogP contribution in [0.5, 0.6) is 0 Å². The van der Waals surface area contributed by atoms with Gasteiger partial charge in [-0.2, -0.15) is 0 Å². The number of benzene rings is 2. The van der Waals surface area contributed by atoms with Gasteiger partial charge in [-0.15, -0.1) is 16.4 Å². The summed E-state index contributed by atoms with van der Waals surface area (Å²) in [6.45, 7) is 0. The van der Waals surface area contributed by atoms with Crippen LogP contribution in [0.25, 0.3) is 11.1 Å². The van der Waals surface area contributed by atoms with Crippen LogP contribution in [0.2, 0.25) is 0 Å². The Morgan fingerprint density at radius 1 is 0.400 bits per heavy atom. The molecule has 2 aromatic carbocycles. The largest absolute Gasteiger partial charge is 0.140 e. The van der Waals surface area contributed by atoms with Crippen LogP contribution in [0.1, 0.15) is 0 Å². The first-order valence-electron chi connectivity index (χ1n) is 7.41. The van der Waals surface area contributed by atoms with E-state index in [2.05, 4.69) is 74.9 Å². The lowest BCUT2D eigenvalue weighted by Crippen LogP contribution is -2.56. The van der Waals surface area contributed by atoms with Crippen molar-refractivity contribution in [1.82, 2.24) is 0 Å². The Bertz CT molecular complexity index is 678. The van der Waals surface area contributed by atoms with Gasteiger partial charge in [0, 0.05) is 0 Å². The molecule has 90 valence electrons. The second-order valence-electron chi connectivity index (χ2n) is 6.20. The Hall–Kier alpha value is -1.04. The molecule has 0 unspecified atom stereocenters. The molecule has 0 bridgehead atoms. The molecule has 0 saturated carbocycles. The minimum absolute atomic E-state index is 1.38. The van der Waals surface area contributed by atoms with Gasteiger partial charge in [-0.3, -0.25) is 0 Å². The Labute approximate surface area is 130 Å². The van der Waals surface area contributed by atoms with Crippen LogP contribution < -0.4 is 43.7 Å². The Morgan fingerprint density at radius 2 is 0.800 bits per heavy atom. The molecule has 2 rings (SSSR count). The number of rotatable bonds is 1. The highest BCUT2D eigenvalue weighted by Gasteiger charge is 2.16. The van der Waals surface area contributed by atoms with Gasteiger partial charge in [-0.25, -0.2) is 0 Å². The van der Waals surface area contributed by atoms with Crippen molar-refractivity contribution in [3.8, 4) is 11.1 Å². The molecule has 0 fully saturated rings. The molecule has 0 radical (unpaired) electrons. The van der Waals surface area contributed by atoms with E-state index >= 15 is 0 Å². The summed E-state index contributed by atoms with van der Waals surface area (Å²) in [5.41, 5.74) is 14.2. The Kier molecular flexibility index (Phi) is 4.14. The predicted molar refractivity (Wildman–Crippen MR) is 117 cm³/mol. The fraction of sp³-hybridized carbons (Fsp3) is 0. The summed E-state index contributed by atoms with van der Waals surface area (Å²) in [7, 11) is 18.0. The molecule has 0 spiro atoms. The van der Waals surface area contributed by atoms with E-state index in [0.717, 1.165) is 0 Å². The van der Waals surface area contributed by atoms with Crippen LogP contribution >= 0.6 is 0 Å². The van der Waals surface area contributed by atoms with Crippen molar-refractivity contribution >= 4 is 106 Å². The Morgan fingerprint density at radius 3 is 1.30 bits per heavy atom. The Balaban J connectivity index is 2.95. The van der Waals surface area contributed by atoms with Crippen molar-refractivity contribution in [1.29, 1.82) is 0 Å². The smallest absolute Gasteiger partial charge is 0.102 e. The third-order valence-corrected chi connectivity index (χ3v) is 5.19. The summed E-state index contributed by atoms with van der Waals surface area (Å²) in [6, 6.07) is 4.48. The quantitative estimate of drug-likeness (QED) is 0.440. The molecule has 0 aromatic heterocycles. The summed E-state index contributed by atoms with van der Waals surface area (Å²) in [5.74, 6) is 0. The van der Waals surface area contributed by atoms with Crippen molar-refractivity contribution in [3.63, 3.8) is 0 Å². The van der Waals surface area contributed by atoms with Gasteiger partial charge in [0.2, 0.25) is 0 Å². The highest BCUT2D eigenvalue weighted by molar-refractivity contribution is 6.69. The van der Waals surface area contributed by atoms with Crippen LogP contribution in [0.3, 0.4) is 0 Å². The molecule has 0 saturated heterocycles. The summed E-state index contributed by atoms with van der Waals surface area (Å²) >= 11 is 0. The minimum atomic E-state index is 1.38. The zero-order valence-electron chi connectivity index (χ0n) is 14.2. The van der Waals surface area contributed by atoms with E-state index in [-0.39, 0.29) is 0 Å². The second-order valence-corrected chi connectivity index (χ2v) is 6.20. The maximum absolute atomic E-state index is 2.27. The normalized spacial score (nSPS) is 10.6. The first-order valence-corrected chi connectivity index (χ1v) is 7.41. The van der Waals surface area contributed by atoms with Crippen molar-refractivity contribution in [3.05, 3.63) is 12.1 Å². The predicted octanol–water partition coefficient (Wildman–Crippen LogP) is -10.6. The second kappa shape index (κ2) is 5.39. The van der Waals surface area contributed by atoms with Crippen LogP contribution in [0.15, 0.2) is 12.1 Å². The minimum Gasteiger partial charge on any atom is -0.102 e. The zero-order valence-corrected chi connectivity index (χ0v) is 14.2. The monoisotopic (exact) mass is 250 g/mol. The molecule has 0 aliphatic carbocycles. The molecule has 0 N–H and O–H groups in total. The van der Waals surface area contributed by atoms with Crippen LogP contribution in [-0.2, 0) is 0 Å². The van der Waals surface area contributed by atoms with Gasteiger partial charge in [0.15, 0.2) is 0 Å². The lowest BCUT2D eigenvalue weighted by atomic mass is 9.58. The van der Waals surface area contributed by atoms with Gasteiger partial charge in [0.25, 0.3) is 0 Å². The average molecular weight is 249 g/mol. The molecular formula is C12H18B8. The lowest BCUT2D eigenvalue weighted by molar-refractivity contribution is 1.84. The highest BCUT2D eigenvalue weighted by Crippen LogP contribution is 2.06. The van der Waals surface area contributed by atoms with Gasteiger partial charge < -0.3 is 0 Å². The van der Waals surface area contributed by atoms with Crippen molar-refractivity contribution in [2.75, 3.05) is 0 Å². The summed E-state index contributed by atoms with van der Waals surface area (Å²) in [4.78, 5) is 0.